The summed E-state index contributed by atoms with van der Waals surface area (Å²) in [6.45, 7) is 6.95. The van der Waals surface area contributed by atoms with E-state index in [1.165, 1.54) is 18.9 Å². The third kappa shape index (κ3) is 6.78. The second kappa shape index (κ2) is 13.2. The average Bonchev–Trinajstić information content (AvgIpc) is 3.51. The number of halogens is 1. The Balaban J connectivity index is 1.29. The Morgan fingerprint density at radius 1 is 1.08 bits per heavy atom. The summed E-state index contributed by atoms with van der Waals surface area (Å²) in [7, 11) is 3.39. The lowest BCUT2D eigenvalue weighted by Gasteiger charge is -2.31. The number of hydrogen-bond acceptors (Lipinski definition) is 7. The van der Waals surface area contributed by atoms with Crippen molar-refractivity contribution in [3.8, 4) is 11.5 Å². The molecule has 1 aliphatic heterocycles. The van der Waals surface area contributed by atoms with Crippen LogP contribution in [-0.4, -0.2) is 49.3 Å². The molecule has 7 nitrogen and oxygen atoms in total. The lowest BCUT2D eigenvalue weighted by atomic mass is 9.75. The number of carbonyl (C=O) groups excluding carboxylic acids is 1. The minimum atomic E-state index is -0.473. The largest absolute Gasteiger partial charge is 0.469 e. The highest BCUT2D eigenvalue weighted by Crippen LogP contribution is 2.50. The number of carbonyl (C=O) groups is 1. The lowest BCUT2D eigenvalue weighted by molar-refractivity contribution is -0.147. The number of aromatic amines is 1. The van der Waals surface area contributed by atoms with E-state index in [1.54, 1.807) is 12.3 Å². The first-order valence-corrected chi connectivity index (χ1v) is 19.1. The minimum absolute atomic E-state index is 0.116. The average molecular weight is 698 g/mol. The summed E-state index contributed by atoms with van der Waals surface area (Å²) in [5.41, 5.74) is 4.08. The SMILES string of the molecule is COC(=O)C1(Cc2cccc([C@@]3(C)CCCC(C)(C)CSCCc4c(c(F)cc5[nH]ccc45)Sc4ccnc(c4)-c4nc3nn4C)c2)CC1. The van der Waals surface area contributed by atoms with E-state index in [0.29, 0.717) is 22.8 Å². The molecule has 49 heavy (non-hydrogen) atoms. The van der Waals surface area contributed by atoms with Crippen LogP contribution in [0.3, 0.4) is 0 Å². The molecule has 7 rings (SSSR count). The number of methoxy groups -OCH3 is 1. The molecule has 5 aromatic rings. The van der Waals surface area contributed by atoms with Crippen molar-refractivity contribution in [1.82, 2.24) is 24.7 Å². The maximum atomic E-state index is 15.8. The van der Waals surface area contributed by atoms with Crippen LogP contribution in [0, 0.1) is 16.6 Å². The van der Waals surface area contributed by atoms with Gasteiger partial charge in [-0.15, -0.1) is 0 Å². The Labute approximate surface area is 296 Å². The van der Waals surface area contributed by atoms with Gasteiger partial charge >= 0.3 is 5.97 Å². The minimum Gasteiger partial charge on any atom is -0.469 e. The monoisotopic (exact) mass is 697 g/mol. The molecule has 1 saturated carbocycles. The molecule has 1 N–H and O–H groups in total. The van der Waals surface area contributed by atoms with Gasteiger partial charge in [-0.05, 0) is 103 Å². The molecular formula is C39H44FN5O2S2. The summed E-state index contributed by atoms with van der Waals surface area (Å²) in [6.07, 6.45) is 9.75. The van der Waals surface area contributed by atoms with Crippen molar-refractivity contribution < 1.29 is 13.9 Å². The van der Waals surface area contributed by atoms with Crippen LogP contribution in [0.25, 0.3) is 22.4 Å². The predicted molar refractivity (Wildman–Crippen MR) is 196 cm³/mol. The number of aryl methyl sites for hydroxylation is 2. The standard InChI is InChI=1S/C39H44FN5O2S2/c1-37(2)13-7-14-38(3,26-9-6-8-25(20-26)23-39(15-16-39)36(46)47-5)35-43-34(45(4)44-35)32-21-27(10-17-42-32)49-33-29(12-19-48-24-37)28-11-18-41-31(28)22-30(33)40/h6,8-11,17-18,20-22,41H,7,12-16,19,23-24H2,1-5H3/t38-/m1/s1. The number of benzene rings is 2. The second-order valence-electron chi connectivity index (χ2n) is 14.8. The van der Waals surface area contributed by atoms with E-state index in [1.807, 2.05) is 41.8 Å². The number of fused-ring (bicyclic) bond motifs is 8. The number of pyridine rings is 1. The van der Waals surface area contributed by atoms with E-state index in [-0.39, 0.29) is 17.2 Å². The first kappa shape index (κ1) is 33.8. The number of hydrogen-bond donors (Lipinski definition) is 1. The molecule has 0 spiro atoms. The number of rotatable bonds is 4. The topological polar surface area (TPSA) is 85.7 Å². The van der Waals surface area contributed by atoms with Gasteiger partial charge in [0.05, 0.1) is 22.8 Å². The molecular weight excluding hydrogens is 654 g/mol. The van der Waals surface area contributed by atoms with Gasteiger partial charge in [0.15, 0.2) is 11.6 Å². The molecule has 256 valence electrons. The van der Waals surface area contributed by atoms with Gasteiger partial charge in [0.2, 0.25) is 0 Å². The summed E-state index contributed by atoms with van der Waals surface area (Å²) in [5, 5.41) is 6.12. The Morgan fingerprint density at radius 3 is 2.71 bits per heavy atom. The molecule has 1 atom stereocenters. The molecule has 0 unspecified atom stereocenters. The fourth-order valence-corrected chi connectivity index (χ4v) is 9.49. The molecule has 2 aliphatic rings. The number of ether oxygens (including phenoxy) is 1. The van der Waals surface area contributed by atoms with Crippen molar-refractivity contribution in [2.75, 3.05) is 18.6 Å². The zero-order chi connectivity index (χ0) is 34.4. The molecule has 0 saturated heterocycles. The molecule has 2 aromatic carbocycles. The zero-order valence-electron chi connectivity index (χ0n) is 28.9. The van der Waals surface area contributed by atoms with Gasteiger partial charge in [-0.1, -0.05) is 56.3 Å². The molecule has 0 radical (unpaired) electrons. The normalized spacial score (nSPS) is 20.6. The molecule has 1 fully saturated rings. The van der Waals surface area contributed by atoms with Gasteiger partial charge in [-0.2, -0.15) is 16.9 Å². The van der Waals surface area contributed by atoms with Crippen molar-refractivity contribution >= 4 is 40.4 Å². The van der Waals surface area contributed by atoms with Crippen LogP contribution in [0.2, 0.25) is 0 Å². The first-order chi connectivity index (χ1) is 23.5. The van der Waals surface area contributed by atoms with E-state index in [0.717, 1.165) is 88.3 Å². The van der Waals surface area contributed by atoms with Crippen LogP contribution in [0.15, 0.2) is 70.7 Å². The van der Waals surface area contributed by atoms with E-state index >= 15 is 4.39 Å². The van der Waals surface area contributed by atoms with Crippen molar-refractivity contribution in [2.45, 2.75) is 80.9 Å². The van der Waals surface area contributed by atoms with Crippen LogP contribution in [-0.2, 0) is 34.8 Å². The lowest BCUT2D eigenvalue weighted by Crippen LogP contribution is -2.27. The highest BCUT2D eigenvalue weighted by atomic mass is 32.2. The highest BCUT2D eigenvalue weighted by Gasteiger charge is 2.51. The summed E-state index contributed by atoms with van der Waals surface area (Å²) in [6, 6.07) is 16.2. The fourth-order valence-electron chi connectivity index (χ4n) is 7.27. The molecule has 1 aliphatic carbocycles. The molecule has 4 bridgehead atoms. The second-order valence-corrected chi connectivity index (χ2v) is 17.0. The van der Waals surface area contributed by atoms with Crippen molar-refractivity contribution in [3.05, 3.63) is 89.3 Å². The van der Waals surface area contributed by atoms with Crippen molar-refractivity contribution in [3.63, 3.8) is 0 Å². The fraction of sp³-hybridized carbons (Fsp3) is 0.436. The number of nitrogens with one attached hydrogen (secondary N) is 1. The van der Waals surface area contributed by atoms with E-state index < -0.39 is 10.8 Å². The van der Waals surface area contributed by atoms with Crippen LogP contribution in [0.1, 0.15) is 75.4 Å². The van der Waals surface area contributed by atoms with Crippen LogP contribution in [0.5, 0.6) is 0 Å². The van der Waals surface area contributed by atoms with E-state index in [9.17, 15) is 4.79 Å². The van der Waals surface area contributed by atoms with Gasteiger partial charge < -0.3 is 9.72 Å². The summed E-state index contributed by atoms with van der Waals surface area (Å²) in [5.74, 6) is 3.01. The Morgan fingerprint density at radius 2 is 1.92 bits per heavy atom. The number of nitrogens with zero attached hydrogens (tertiary/aromatic N) is 4. The third-order valence-corrected chi connectivity index (χ3v) is 13.0. The molecule has 3 aromatic heterocycles. The maximum Gasteiger partial charge on any atom is 0.312 e. The molecule has 4 heterocycles. The highest BCUT2D eigenvalue weighted by molar-refractivity contribution is 7.99. The number of esters is 1. The number of aromatic nitrogens is 5. The van der Waals surface area contributed by atoms with Gasteiger partial charge in [0.25, 0.3) is 0 Å². The Kier molecular flexibility index (Phi) is 9.15. The van der Waals surface area contributed by atoms with Gasteiger partial charge in [-0.25, -0.2) is 14.1 Å². The Hall–Kier alpha value is -3.63. The van der Waals surface area contributed by atoms with E-state index in [2.05, 4.69) is 56.1 Å². The van der Waals surface area contributed by atoms with Crippen LogP contribution >= 0.6 is 23.5 Å². The molecule has 0 amide bonds. The first-order valence-electron chi connectivity index (χ1n) is 17.1. The van der Waals surface area contributed by atoms with Gasteiger partial charge in [-0.3, -0.25) is 9.78 Å². The number of H-pyrrole nitrogens is 1. The quantitative estimate of drug-likeness (QED) is 0.188. The summed E-state index contributed by atoms with van der Waals surface area (Å²) < 4.78 is 22.7. The van der Waals surface area contributed by atoms with Crippen molar-refractivity contribution in [1.29, 1.82) is 0 Å². The van der Waals surface area contributed by atoms with Gasteiger partial charge in [0, 0.05) is 35.2 Å². The third-order valence-electron chi connectivity index (χ3n) is 10.4. The molecule has 10 heteroatoms. The smallest absolute Gasteiger partial charge is 0.312 e. The van der Waals surface area contributed by atoms with Crippen LogP contribution < -0.4 is 0 Å². The Bertz CT molecular complexity index is 2020. The van der Waals surface area contributed by atoms with Gasteiger partial charge in [0.1, 0.15) is 11.5 Å². The maximum absolute atomic E-state index is 15.8. The van der Waals surface area contributed by atoms with Crippen LogP contribution in [0.4, 0.5) is 4.39 Å². The zero-order valence-corrected chi connectivity index (χ0v) is 30.6. The number of thioether (sulfide) groups is 1. The van der Waals surface area contributed by atoms with E-state index in [4.69, 9.17) is 19.8 Å². The predicted octanol–water partition coefficient (Wildman–Crippen LogP) is 8.94. The van der Waals surface area contributed by atoms with Crippen molar-refractivity contribution in [2.24, 2.45) is 17.9 Å². The summed E-state index contributed by atoms with van der Waals surface area (Å²) in [4.78, 5) is 27.3. The summed E-state index contributed by atoms with van der Waals surface area (Å²) >= 11 is 3.40.